The molecule has 0 saturated heterocycles. The molecule has 1 aliphatic rings. The van der Waals surface area contributed by atoms with Crippen LogP contribution in [0.1, 0.15) is 52.2 Å². The molecule has 0 saturated carbocycles. The summed E-state index contributed by atoms with van der Waals surface area (Å²) in [6.45, 7) is 8.56. The van der Waals surface area contributed by atoms with Gasteiger partial charge in [-0.25, -0.2) is 4.79 Å². The molecule has 1 aromatic carbocycles. The van der Waals surface area contributed by atoms with Crippen molar-refractivity contribution in [2.24, 2.45) is 5.92 Å². The summed E-state index contributed by atoms with van der Waals surface area (Å²) in [6.07, 6.45) is 2.86. The van der Waals surface area contributed by atoms with E-state index in [1.54, 1.807) is 6.92 Å². The second-order valence-corrected chi connectivity index (χ2v) is 8.53. The first-order chi connectivity index (χ1) is 13.4. The highest BCUT2D eigenvalue weighted by atomic mass is 32.1. The van der Waals surface area contributed by atoms with Crippen LogP contribution >= 0.6 is 11.3 Å². The molecule has 1 heterocycles. The lowest BCUT2D eigenvalue weighted by molar-refractivity contribution is -0.114. The Morgan fingerprint density at radius 1 is 1.29 bits per heavy atom. The van der Waals surface area contributed by atoms with Crippen LogP contribution in [0.25, 0.3) is 0 Å². The van der Waals surface area contributed by atoms with Crippen LogP contribution in [0.5, 0.6) is 0 Å². The van der Waals surface area contributed by atoms with Crippen LogP contribution in [0.2, 0.25) is 0 Å². The quantitative estimate of drug-likeness (QED) is 0.689. The normalized spacial score (nSPS) is 15.6. The van der Waals surface area contributed by atoms with Gasteiger partial charge >= 0.3 is 5.97 Å². The van der Waals surface area contributed by atoms with E-state index in [9.17, 15) is 9.59 Å². The van der Waals surface area contributed by atoms with Gasteiger partial charge in [0.1, 0.15) is 5.00 Å². The van der Waals surface area contributed by atoms with Crippen LogP contribution in [0.3, 0.4) is 0 Å². The second kappa shape index (κ2) is 8.78. The predicted octanol–water partition coefficient (Wildman–Crippen LogP) is 4.72. The van der Waals surface area contributed by atoms with Gasteiger partial charge in [-0.1, -0.05) is 19.1 Å². The van der Waals surface area contributed by atoms with Crippen LogP contribution in [0.4, 0.5) is 10.7 Å². The lowest BCUT2D eigenvalue weighted by Gasteiger charge is -2.18. The number of carbonyl (C=O) groups is 2. The van der Waals surface area contributed by atoms with E-state index in [0.717, 1.165) is 36.1 Å². The molecule has 6 heteroatoms. The molecule has 5 nitrogen and oxygen atoms in total. The van der Waals surface area contributed by atoms with Gasteiger partial charge in [0.2, 0.25) is 5.91 Å². The highest BCUT2D eigenvalue weighted by Crippen LogP contribution is 2.40. The molecule has 2 aromatic rings. The van der Waals surface area contributed by atoms with E-state index in [0.29, 0.717) is 23.1 Å². The molecule has 0 bridgehead atoms. The lowest BCUT2D eigenvalue weighted by atomic mass is 9.88. The van der Waals surface area contributed by atoms with Crippen LogP contribution in [0, 0.1) is 19.8 Å². The summed E-state index contributed by atoms with van der Waals surface area (Å²) in [5.74, 6) is 0.0844. The smallest absolute Gasteiger partial charge is 0.341 e. The first kappa shape index (κ1) is 20.4. The molecule has 28 heavy (non-hydrogen) atoms. The van der Waals surface area contributed by atoms with E-state index in [1.165, 1.54) is 21.8 Å². The van der Waals surface area contributed by atoms with Gasteiger partial charge < -0.3 is 15.4 Å². The Hall–Kier alpha value is -2.34. The summed E-state index contributed by atoms with van der Waals surface area (Å²) in [5, 5.41) is 6.75. The van der Waals surface area contributed by atoms with E-state index >= 15 is 0 Å². The fourth-order valence-corrected chi connectivity index (χ4v) is 4.96. The van der Waals surface area contributed by atoms with Crippen molar-refractivity contribution in [1.82, 2.24) is 0 Å². The molecule has 1 atom stereocenters. The zero-order valence-corrected chi connectivity index (χ0v) is 17.8. The van der Waals surface area contributed by atoms with Crippen molar-refractivity contribution in [3.05, 3.63) is 45.3 Å². The molecule has 2 N–H and O–H groups in total. The maximum atomic E-state index is 12.6. The number of anilines is 2. The van der Waals surface area contributed by atoms with Crippen molar-refractivity contribution >= 4 is 33.9 Å². The Labute approximate surface area is 170 Å². The molecule has 1 amide bonds. The van der Waals surface area contributed by atoms with Gasteiger partial charge in [-0.2, -0.15) is 0 Å². The van der Waals surface area contributed by atoms with Crippen molar-refractivity contribution in [2.75, 3.05) is 23.8 Å². The molecule has 1 aliphatic carbocycles. The largest absolute Gasteiger partial charge is 0.462 e. The van der Waals surface area contributed by atoms with Gasteiger partial charge in [-0.15, -0.1) is 11.3 Å². The van der Waals surface area contributed by atoms with Crippen LogP contribution < -0.4 is 10.6 Å². The Morgan fingerprint density at radius 2 is 2.07 bits per heavy atom. The Morgan fingerprint density at radius 3 is 2.82 bits per heavy atom. The maximum Gasteiger partial charge on any atom is 0.341 e. The molecule has 3 rings (SSSR count). The molecular formula is C22H28N2O3S. The molecule has 0 fully saturated rings. The third-order valence-electron chi connectivity index (χ3n) is 5.29. The third-order valence-corrected chi connectivity index (χ3v) is 6.46. The topological polar surface area (TPSA) is 67.4 Å². The Balaban J connectivity index is 1.76. The fourth-order valence-electron chi connectivity index (χ4n) is 3.55. The van der Waals surface area contributed by atoms with Gasteiger partial charge in [0.15, 0.2) is 0 Å². The number of fused-ring (bicyclic) bond motifs is 1. The van der Waals surface area contributed by atoms with Crippen molar-refractivity contribution < 1.29 is 14.3 Å². The highest BCUT2D eigenvalue weighted by molar-refractivity contribution is 7.17. The standard InChI is InChI=1S/C22H28N2O3S/c1-5-27-22(26)20-16-10-9-13(2)11-18(16)28-21(20)24-19(25)12-23-17-8-6-7-14(3)15(17)4/h6-8,13,23H,5,9-12H2,1-4H3,(H,24,25)/t13-/m1/s1. The summed E-state index contributed by atoms with van der Waals surface area (Å²) in [7, 11) is 0. The van der Waals surface area contributed by atoms with Gasteiger partial charge in [0, 0.05) is 10.6 Å². The number of benzene rings is 1. The maximum absolute atomic E-state index is 12.6. The second-order valence-electron chi connectivity index (χ2n) is 7.43. The lowest BCUT2D eigenvalue weighted by Crippen LogP contribution is -2.23. The van der Waals surface area contributed by atoms with E-state index in [-0.39, 0.29) is 18.4 Å². The summed E-state index contributed by atoms with van der Waals surface area (Å²) >= 11 is 1.51. The zero-order valence-electron chi connectivity index (χ0n) is 17.0. The SMILES string of the molecule is CCOC(=O)c1c(NC(=O)CNc2cccc(C)c2C)sc2c1CC[C@@H](C)C2. The highest BCUT2D eigenvalue weighted by Gasteiger charge is 2.29. The van der Waals surface area contributed by atoms with Crippen molar-refractivity contribution in [3.8, 4) is 0 Å². The summed E-state index contributed by atoms with van der Waals surface area (Å²) < 4.78 is 5.26. The molecule has 1 aromatic heterocycles. The minimum Gasteiger partial charge on any atom is -0.462 e. The van der Waals surface area contributed by atoms with Crippen LogP contribution in [0.15, 0.2) is 18.2 Å². The summed E-state index contributed by atoms with van der Waals surface area (Å²) in [6, 6.07) is 5.98. The monoisotopic (exact) mass is 400 g/mol. The van der Waals surface area contributed by atoms with E-state index in [2.05, 4.69) is 17.6 Å². The van der Waals surface area contributed by atoms with Gasteiger partial charge in [0.05, 0.1) is 18.7 Å². The minimum absolute atomic E-state index is 0.144. The van der Waals surface area contributed by atoms with E-state index in [1.807, 2.05) is 32.0 Å². The number of thiophene rings is 1. The third kappa shape index (κ3) is 4.38. The number of nitrogens with one attached hydrogen (secondary N) is 2. The molecule has 0 aliphatic heterocycles. The molecule has 150 valence electrons. The molecule has 0 unspecified atom stereocenters. The van der Waals surface area contributed by atoms with Crippen molar-refractivity contribution in [2.45, 2.75) is 47.0 Å². The number of ether oxygens (including phenoxy) is 1. The van der Waals surface area contributed by atoms with E-state index in [4.69, 9.17) is 4.74 Å². The zero-order chi connectivity index (χ0) is 20.3. The Kier molecular flexibility index (Phi) is 6.39. The average Bonchev–Trinajstić information content (AvgIpc) is 2.99. The van der Waals surface area contributed by atoms with Gasteiger partial charge in [0.25, 0.3) is 0 Å². The van der Waals surface area contributed by atoms with Crippen molar-refractivity contribution in [1.29, 1.82) is 0 Å². The molecule has 0 radical (unpaired) electrons. The van der Waals surface area contributed by atoms with Gasteiger partial charge in [-0.3, -0.25) is 4.79 Å². The first-order valence-electron chi connectivity index (χ1n) is 9.82. The van der Waals surface area contributed by atoms with Crippen molar-refractivity contribution in [3.63, 3.8) is 0 Å². The van der Waals surface area contributed by atoms with Gasteiger partial charge in [-0.05, 0) is 68.7 Å². The number of carbonyl (C=O) groups excluding carboxylic acids is 2. The Bertz CT molecular complexity index is 888. The molecular weight excluding hydrogens is 372 g/mol. The fraction of sp³-hybridized carbons (Fsp3) is 0.455. The summed E-state index contributed by atoms with van der Waals surface area (Å²) in [5.41, 5.74) is 4.85. The minimum atomic E-state index is -0.340. The molecule has 0 spiro atoms. The number of hydrogen-bond donors (Lipinski definition) is 2. The number of esters is 1. The van der Waals surface area contributed by atoms with Crippen LogP contribution in [-0.4, -0.2) is 25.0 Å². The summed E-state index contributed by atoms with van der Waals surface area (Å²) in [4.78, 5) is 26.3. The number of hydrogen-bond acceptors (Lipinski definition) is 5. The van der Waals surface area contributed by atoms with E-state index < -0.39 is 0 Å². The number of amides is 1. The predicted molar refractivity (Wildman–Crippen MR) is 114 cm³/mol. The average molecular weight is 401 g/mol. The van der Waals surface area contributed by atoms with Crippen LogP contribution in [-0.2, 0) is 22.4 Å². The number of aryl methyl sites for hydroxylation is 1. The number of rotatable bonds is 6. The first-order valence-corrected chi connectivity index (χ1v) is 10.6.